The van der Waals surface area contributed by atoms with E-state index in [-0.39, 0.29) is 12.1 Å². The lowest BCUT2D eigenvalue weighted by Gasteiger charge is -2.13. The van der Waals surface area contributed by atoms with E-state index in [2.05, 4.69) is 0 Å². The number of ether oxygens (including phenoxy) is 1. The molecule has 4 nitrogen and oxygen atoms in total. The number of benzene rings is 1. The number of aromatic carboxylic acids is 1. The van der Waals surface area contributed by atoms with Crippen molar-refractivity contribution in [2.75, 3.05) is 0 Å². The van der Waals surface area contributed by atoms with E-state index < -0.39 is 5.97 Å². The maximum atomic E-state index is 11.0. The van der Waals surface area contributed by atoms with Gasteiger partial charge >= 0.3 is 11.9 Å². The van der Waals surface area contributed by atoms with Gasteiger partial charge in [0.1, 0.15) is 6.10 Å². The van der Waals surface area contributed by atoms with Gasteiger partial charge in [0.2, 0.25) is 0 Å². The van der Waals surface area contributed by atoms with Crippen LogP contribution in [0.25, 0.3) is 0 Å². The smallest absolute Gasteiger partial charge is 0.335 e. The third kappa shape index (κ3) is 2.02. The lowest BCUT2D eigenvalue weighted by Crippen LogP contribution is -2.07. The van der Waals surface area contributed by atoms with E-state index in [0.29, 0.717) is 5.56 Å². The number of fused-ring (bicyclic) bond motifs is 1. The van der Waals surface area contributed by atoms with Gasteiger partial charge < -0.3 is 9.84 Å². The molecular formula is C13H14O4. The molecule has 1 aliphatic carbocycles. The molecule has 1 aliphatic rings. The van der Waals surface area contributed by atoms with Crippen LogP contribution in [-0.2, 0) is 16.0 Å². The Morgan fingerprint density at radius 2 is 2.12 bits per heavy atom. The van der Waals surface area contributed by atoms with E-state index in [1.165, 1.54) is 6.92 Å². The fourth-order valence-corrected chi connectivity index (χ4v) is 2.40. The molecule has 0 saturated heterocycles. The van der Waals surface area contributed by atoms with Crippen LogP contribution in [0.5, 0.6) is 0 Å². The highest BCUT2D eigenvalue weighted by Crippen LogP contribution is 2.36. The molecule has 0 saturated carbocycles. The summed E-state index contributed by atoms with van der Waals surface area (Å²) in [5, 5.41) is 9.02. The number of carbonyl (C=O) groups excluding carboxylic acids is 1. The van der Waals surface area contributed by atoms with Crippen molar-refractivity contribution in [2.24, 2.45) is 0 Å². The average Bonchev–Trinajstić information content (AvgIpc) is 2.61. The molecule has 0 aromatic heterocycles. The molecule has 17 heavy (non-hydrogen) atoms. The summed E-state index contributed by atoms with van der Waals surface area (Å²) in [5.74, 6) is -1.22. The van der Waals surface area contributed by atoms with Crippen LogP contribution >= 0.6 is 0 Å². The maximum absolute atomic E-state index is 11.0. The van der Waals surface area contributed by atoms with E-state index in [1.807, 2.05) is 0 Å². The summed E-state index contributed by atoms with van der Waals surface area (Å²) in [6, 6.07) is 3.34. The fraction of sp³-hybridized carbons (Fsp3) is 0.385. The topological polar surface area (TPSA) is 63.6 Å². The zero-order valence-corrected chi connectivity index (χ0v) is 9.82. The summed E-state index contributed by atoms with van der Waals surface area (Å²) >= 11 is 0. The first kappa shape index (κ1) is 11.6. The summed E-state index contributed by atoms with van der Waals surface area (Å²) in [6.45, 7) is 3.19. The normalized spacial score (nSPS) is 17.6. The van der Waals surface area contributed by atoms with E-state index in [4.69, 9.17) is 9.84 Å². The molecular weight excluding hydrogens is 220 g/mol. The van der Waals surface area contributed by atoms with Crippen LogP contribution in [-0.4, -0.2) is 17.0 Å². The molecule has 0 spiro atoms. The van der Waals surface area contributed by atoms with Gasteiger partial charge in [0.15, 0.2) is 0 Å². The first-order valence-corrected chi connectivity index (χ1v) is 5.53. The molecule has 1 aromatic rings. The molecule has 4 heteroatoms. The van der Waals surface area contributed by atoms with Crippen molar-refractivity contribution in [3.05, 3.63) is 34.4 Å². The number of carbonyl (C=O) groups is 2. The van der Waals surface area contributed by atoms with Crippen molar-refractivity contribution in [3.63, 3.8) is 0 Å². The molecule has 0 heterocycles. The second-order valence-corrected chi connectivity index (χ2v) is 4.25. The molecule has 1 aromatic carbocycles. The minimum absolute atomic E-state index is 0.218. The van der Waals surface area contributed by atoms with Crippen LogP contribution < -0.4 is 0 Å². The van der Waals surface area contributed by atoms with Crippen molar-refractivity contribution in [1.29, 1.82) is 0 Å². The number of carboxylic acid groups (broad SMARTS) is 1. The van der Waals surface area contributed by atoms with Crippen LogP contribution in [0.1, 0.15) is 46.5 Å². The SMILES string of the molecule is CC(=O)O[C@@H]1CCc2c1ccc(C(=O)O)c2C. The summed E-state index contributed by atoms with van der Waals surface area (Å²) < 4.78 is 5.21. The summed E-state index contributed by atoms with van der Waals surface area (Å²) in [7, 11) is 0. The molecule has 1 atom stereocenters. The Balaban J connectivity index is 2.40. The van der Waals surface area contributed by atoms with Crippen LogP contribution in [0.15, 0.2) is 12.1 Å². The van der Waals surface area contributed by atoms with E-state index in [1.54, 1.807) is 19.1 Å². The molecule has 0 amide bonds. The third-order valence-electron chi connectivity index (χ3n) is 3.18. The number of hydrogen-bond acceptors (Lipinski definition) is 3. The van der Waals surface area contributed by atoms with Gasteiger partial charge in [-0.3, -0.25) is 4.79 Å². The van der Waals surface area contributed by atoms with Crippen molar-refractivity contribution in [1.82, 2.24) is 0 Å². The standard InChI is InChI=1S/C13H14O4/c1-7-9-5-6-12(17-8(2)14)11(9)4-3-10(7)13(15)16/h3-4,12H,5-6H2,1-2H3,(H,15,16)/t12-/m1/s1. The van der Waals surface area contributed by atoms with Gasteiger partial charge in [-0.2, -0.15) is 0 Å². The number of esters is 1. The largest absolute Gasteiger partial charge is 0.478 e. The van der Waals surface area contributed by atoms with Crippen LogP contribution in [0.3, 0.4) is 0 Å². The molecule has 0 radical (unpaired) electrons. The van der Waals surface area contributed by atoms with E-state index >= 15 is 0 Å². The molecule has 1 N–H and O–H groups in total. The van der Waals surface area contributed by atoms with Crippen LogP contribution in [0.2, 0.25) is 0 Å². The first-order valence-electron chi connectivity index (χ1n) is 5.53. The summed E-state index contributed by atoms with van der Waals surface area (Å²) in [4.78, 5) is 21.9. The van der Waals surface area contributed by atoms with Gasteiger partial charge in [-0.1, -0.05) is 6.07 Å². The van der Waals surface area contributed by atoms with Crippen molar-refractivity contribution in [3.8, 4) is 0 Å². The molecule has 0 bridgehead atoms. The van der Waals surface area contributed by atoms with E-state index in [9.17, 15) is 9.59 Å². The fourth-order valence-electron chi connectivity index (χ4n) is 2.40. The lowest BCUT2D eigenvalue weighted by molar-refractivity contribution is -0.146. The van der Waals surface area contributed by atoms with Crippen molar-refractivity contribution >= 4 is 11.9 Å². The molecule has 0 fully saturated rings. The Hall–Kier alpha value is -1.84. The van der Waals surface area contributed by atoms with Gasteiger partial charge in [-0.05, 0) is 42.5 Å². The van der Waals surface area contributed by atoms with Gasteiger partial charge in [-0.25, -0.2) is 4.79 Å². The highest BCUT2D eigenvalue weighted by molar-refractivity contribution is 5.90. The molecule has 2 rings (SSSR count). The zero-order valence-electron chi connectivity index (χ0n) is 9.82. The molecule has 0 aliphatic heterocycles. The Bertz CT molecular complexity index is 490. The average molecular weight is 234 g/mol. The predicted octanol–water partition coefficient (Wildman–Crippen LogP) is 2.24. The highest BCUT2D eigenvalue weighted by Gasteiger charge is 2.27. The second kappa shape index (κ2) is 4.20. The predicted molar refractivity (Wildman–Crippen MR) is 61.0 cm³/mol. The lowest BCUT2D eigenvalue weighted by atomic mass is 9.98. The Morgan fingerprint density at radius 3 is 2.71 bits per heavy atom. The minimum Gasteiger partial charge on any atom is -0.478 e. The Morgan fingerprint density at radius 1 is 1.41 bits per heavy atom. The highest BCUT2D eigenvalue weighted by atomic mass is 16.5. The van der Waals surface area contributed by atoms with Gasteiger partial charge in [-0.15, -0.1) is 0 Å². The number of rotatable bonds is 2. The minimum atomic E-state index is -0.916. The number of hydrogen-bond donors (Lipinski definition) is 1. The summed E-state index contributed by atoms with van der Waals surface area (Å²) in [5.41, 5.74) is 3.07. The van der Waals surface area contributed by atoms with Crippen molar-refractivity contribution in [2.45, 2.75) is 32.8 Å². The molecule has 90 valence electrons. The molecule has 0 unspecified atom stereocenters. The van der Waals surface area contributed by atoms with Gasteiger partial charge in [0.05, 0.1) is 5.56 Å². The Labute approximate surface area is 99.2 Å². The van der Waals surface area contributed by atoms with E-state index in [0.717, 1.165) is 29.5 Å². The third-order valence-corrected chi connectivity index (χ3v) is 3.18. The quantitative estimate of drug-likeness (QED) is 0.797. The van der Waals surface area contributed by atoms with Gasteiger partial charge in [0, 0.05) is 6.92 Å². The first-order chi connectivity index (χ1) is 8.00. The Kier molecular flexibility index (Phi) is 2.88. The second-order valence-electron chi connectivity index (χ2n) is 4.25. The van der Waals surface area contributed by atoms with Crippen molar-refractivity contribution < 1.29 is 19.4 Å². The zero-order chi connectivity index (χ0) is 12.6. The van der Waals surface area contributed by atoms with Gasteiger partial charge in [0.25, 0.3) is 0 Å². The summed E-state index contributed by atoms with van der Waals surface area (Å²) in [6.07, 6.45) is 1.28. The monoisotopic (exact) mass is 234 g/mol. The van der Waals surface area contributed by atoms with Crippen LogP contribution in [0.4, 0.5) is 0 Å². The maximum Gasteiger partial charge on any atom is 0.335 e. The number of carboxylic acids is 1. The van der Waals surface area contributed by atoms with Crippen LogP contribution in [0, 0.1) is 6.92 Å².